The minimum atomic E-state index is -0.634. The molecule has 0 radical (unpaired) electrons. The number of hydrogen-bond donors (Lipinski definition) is 2. The van der Waals surface area contributed by atoms with E-state index in [0.29, 0.717) is 10.4 Å². The largest absolute Gasteiger partial charge is 0.462 e. The van der Waals surface area contributed by atoms with E-state index in [0.717, 1.165) is 23.5 Å². The Bertz CT molecular complexity index is 882. The molecule has 0 aliphatic heterocycles. The van der Waals surface area contributed by atoms with E-state index in [-0.39, 0.29) is 33.1 Å². The van der Waals surface area contributed by atoms with E-state index in [4.69, 9.17) is 4.74 Å². The van der Waals surface area contributed by atoms with Crippen molar-refractivity contribution in [3.05, 3.63) is 50.1 Å². The Kier molecular flexibility index (Phi) is 6.49. The smallest absolute Gasteiger partial charge is 0.341 e. The zero-order valence-electron chi connectivity index (χ0n) is 14.2. The second-order valence-electron chi connectivity index (χ2n) is 5.14. The zero-order chi connectivity index (χ0) is 19.4. The van der Waals surface area contributed by atoms with Crippen molar-refractivity contribution in [3.63, 3.8) is 0 Å². The molecule has 0 bridgehead atoms. The Morgan fingerprint density at radius 3 is 2.54 bits per heavy atom. The lowest BCUT2D eigenvalue weighted by molar-refractivity contribution is 0.0527. The highest BCUT2D eigenvalue weighted by Crippen LogP contribution is 2.34. The molecule has 1 aromatic carbocycles. The summed E-state index contributed by atoms with van der Waals surface area (Å²) in [5.41, 5.74) is 0.733. The number of carbonyl (C=O) groups excluding carboxylic acids is 3. The maximum atomic E-state index is 13.2. The lowest BCUT2D eigenvalue weighted by Gasteiger charge is -2.08. The maximum absolute atomic E-state index is 13.2. The van der Waals surface area contributed by atoms with E-state index in [9.17, 15) is 18.8 Å². The van der Waals surface area contributed by atoms with Gasteiger partial charge in [-0.05, 0) is 53.5 Å². The summed E-state index contributed by atoms with van der Waals surface area (Å²) in [6.45, 7) is 3.42. The summed E-state index contributed by atoms with van der Waals surface area (Å²) in [4.78, 5) is 37.1. The van der Waals surface area contributed by atoms with Crippen LogP contribution < -0.4 is 10.6 Å². The van der Waals surface area contributed by atoms with Crippen LogP contribution in [0, 0.1) is 12.7 Å². The van der Waals surface area contributed by atoms with Gasteiger partial charge in [0.25, 0.3) is 11.8 Å². The van der Waals surface area contributed by atoms with Gasteiger partial charge in [-0.25, -0.2) is 9.18 Å². The van der Waals surface area contributed by atoms with Crippen LogP contribution in [-0.2, 0) is 4.74 Å². The average molecular weight is 443 g/mol. The first-order chi connectivity index (χ1) is 12.3. The molecule has 9 heteroatoms. The highest BCUT2D eigenvalue weighted by atomic mass is 79.9. The molecule has 0 saturated heterocycles. The average Bonchev–Trinajstić information content (AvgIpc) is 2.90. The second kappa shape index (κ2) is 8.41. The van der Waals surface area contributed by atoms with Gasteiger partial charge in [0.05, 0.1) is 22.6 Å². The number of carbonyl (C=O) groups is 3. The van der Waals surface area contributed by atoms with Gasteiger partial charge in [-0.3, -0.25) is 9.59 Å². The number of amides is 2. The molecule has 0 spiro atoms. The van der Waals surface area contributed by atoms with Gasteiger partial charge in [-0.15, -0.1) is 11.3 Å². The van der Waals surface area contributed by atoms with Crippen molar-refractivity contribution in [1.82, 2.24) is 5.32 Å². The number of halogens is 2. The molecule has 2 aromatic rings. The van der Waals surface area contributed by atoms with Crippen LogP contribution in [0.1, 0.15) is 42.9 Å². The third-order valence-corrected chi connectivity index (χ3v) is 5.32. The Labute approximate surface area is 161 Å². The minimum Gasteiger partial charge on any atom is -0.462 e. The van der Waals surface area contributed by atoms with Gasteiger partial charge in [-0.1, -0.05) is 0 Å². The second-order valence-corrected chi connectivity index (χ2v) is 7.01. The zero-order valence-corrected chi connectivity index (χ0v) is 16.6. The fourth-order valence-electron chi connectivity index (χ4n) is 2.22. The topological polar surface area (TPSA) is 84.5 Å². The molecule has 1 heterocycles. The molecule has 2 amide bonds. The molecule has 2 N–H and O–H groups in total. The summed E-state index contributed by atoms with van der Waals surface area (Å²) in [6, 6.07) is 3.64. The Morgan fingerprint density at radius 1 is 1.27 bits per heavy atom. The Balaban J connectivity index is 2.45. The van der Waals surface area contributed by atoms with Crippen molar-refractivity contribution < 1.29 is 23.5 Å². The molecule has 1 aromatic heterocycles. The summed E-state index contributed by atoms with van der Waals surface area (Å²) in [7, 11) is 1.47. The van der Waals surface area contributed by atoms with E-state index in [1.54, 1.807) is 13.8 Å². The fraction of sp³-hybridized carbons (Fsp3) is 0.235. The summed E-state index contributed by atoms with van der Waals surface area (Å²) in [6.07, 6.45) is 0. The maximum Gasteiger partial charge on any atom is 0.341 e. The van der Waals surface area contributed by atoms with Gasteiger partial charge in [0.1, 0.15) is 10.8 Å². The fourth-order valence-corrected chi connectivity index (χ4v) is 3.89. The van der Waals surface area contributed by atoms with E-state index in [1.807, 2.05) is 0 Å². The van der Waals surface area contributed by atoms with Crippen molar-refractivity contribution in [2.45, 2.75) is 13.8 Å². The summed E-state index contributed by atoms with van der Waals surface area (Å²) in [5, 5.41) is 5.30. The first-order valence-electron chi connectivity index (χ1n) is 7.59. The molecule has 0 saturated carbocycles. The lowest BCUT2D eigenvalue weighted by Crippen LogP contribution is -2.18. The van der Waals surface area contributed by atoms with Crippen LogP contribution in [0.15, 0.2) is 22.7 Å². The number of nitrogens with one attached hydrogen (secondary N) is 2. The van der Waals surface area contributed by atoms with Crippen LogP contribution in [0.5, 0.6) is 0 Å². The van der Waals surface area contributed by atoms with Gasteiger partial charge in [-0.2, -0.15) is 0 Å². The number of esters is 1. The predicted molar refractivity (Wildman–Crippen MR) is 100 cm³/mol. The van der Waals surface area contributed by atoms with Crippen molar-refractivity contribution >= 4 is 50.1 Å². The van der Waals surface area contributed by atoms with Crippen LogP contribution in [0.3, 0.4) is 0 Å². The lowest BCUT2D eigenvalue weighted by atomic mass is 10.1. The number of ether oxygens (including phenoxy) is 1. The molecule has 0 aliphatic rings. The molecular formula is C17H16BrFN2O4S. The number of thiophene rings is 1. The highest BCUT2D eigenvalue weighted by molar-refractivity contribution is 9.10. The van der Waals surface area contributed by atoms with Crippen LogP contribution >= 0.6 is 27.3 Å². The molecule has 0 fully saturated rings. The normalized spacial score (nSPS) is 10.3. The molecule has 0 unspecified atom stereocenters. The molecule has 6 nitrogen and oxygen atoms in total. The Morgan fingerprint density at radius 2 is 1.96 bits per heavy atom. The number of benzene rings is 1. The first-order valence-corrected chi connectivity index (χ1v) is 9.20. The van der Waals surface area contributed by atoms with Crippen LogP contribution in [0.25, 0.3) is 0 Å². The number of rotatable bonds is 5. The van der Waals surface area contributed by atoms with Gasteiger partial charge in [0.15, 0.2) is 0 Å². The third-order valence-electron chi connectivity index (χ3n) is 3.46. The first kappa shape index (κ1) is 20.1. The number of hydrogen-bond acceptors (Lipinski definition) is 5. The molecular weight excluding hydrogens is 427 g/mol. The van der Waals surface area contributed by atoms with Crippen molar-refractivity contribution in [3.8, 4) is 0 Å². The van der Waals surface area contributed by atoms with Crippen molar-refractivity contribution in [2.24, 2.45) is 0 Å². The summed E-state index contributed by atoms with van der Waals surface area (Å²) in [5.74, 6) is -2.05. The molecule has 0 atom stereocenters. The van der Waals surface area contributed by atoms with E-state index in [1.165, 1.54) is 13.1 Å². The van der Waals surface area contributed by atoms with E-state index in [2.05, 4.69) is 26.6 Å². The SMILES string of the molecule is CCOC(=O)c1c(NC(=O)c2ccc(F)cc2Br)sc(C(=O)NC)c1C. The monoisotopic (exact) mass is 442 g/mol. The summed E-state index contributed by atoms with van der Waals surface area (Å²) < 4.78 is 18.5. The van der Waals surface area contributed by atoms with Gasteiger partial charge in [0.2, 0.25) is 0 Å². The van der Waals surface area contributed by atoms with Crippen molar-refractivity contribution in [1.29, 1.82) is 0 Å². The number of anilines is 1. The van der Waals surface area contributed by atoms with Gasteiger partial charge >= 0.3 is 5.97 Å². The van der Waals surface area contributed by atoms with Gasteiger partial charge < -0.3 is 15.4 Å². The van der Waals surface area contributed by atoms with E-state index < -0.39 is 17.7 Å². The van der Waals surface area contributed by atoms with Crippen LogP contribution in [0.2, 0.25) is 0 Å². The quantitative estimate of drug-likeness (QED) is 0.690. The standard InChI is InChI=1S/C17H16BrFN2O4S/c1-4-25-17(24)12-8(2)13(15(23)20-3)26-16(12)21-14(22)10-6-5-9(19)7-11(10)18/h5-7H,4H2,1-3H3,(H,20,23)(H,21,22). The molecule has 0 aliphatic carbocycles. The predicted octanol–water partition coefficient (Wildman–Crippen LogP) is 3.75. The highest BCUT2D eigenvalue weighted by Gasteiger charge is 2.26. The third kappa shape index (κ3) is 4.10. The van der Waals surface area contributed by atoms with Crippen LogP contribution in [-0.4, -0.2) is 31.4 Å². The van der Waals surface area contributed by atoms with E-state index >= 15 is 0 Å². The molecule has 26 heavy (non-hydrogen) atoms. The van der Waals surface area contributed by atoms with Gasteiger partial charge in [0, 0.05) is 11.5 Å². The summed E-state index contributed by atoms with van der Waals surface area (Å²) >= 11 is 4.11. The minimum absolute atomic E-state index is 0.127. The van der Waals surface area contributed by atoms with Crippen molar-refractivity contribution in [2.75, 3.05) is 19.0 Å². The molecule has 2 rings (SSSR count). The Hall–Kier alpha value is -2.26. The molecule has 138 valence electrons. The van der Waals surface area contributed by atoms with Crippen LogP contribution in [0.4, 0.5) is 9.39 Å².